The van der Waals surface area contributed by atoms with Crippen LogP contribution < -0.4 is 9.47 Å². The van der Waals surface area contributed by atoms with E-state index in [2.05, 4.69) is 0 Å². The molecule has 4 aliphatic rings. The number of thioether (sulfide) groups is 1. The highest BCUT2D eigenvalue weighted by Gasteiger charge is 2.61. The molecule has 8 atom stereocenters. The van der Waals surface area contributed by atoms with Gasteiger partial charge in [0, 0.05) is 24.3 Å². The second kappa shape index (κ2) is 15.4. The van der Waals surface area contributed by atoms with E-state index >= 15 is 0 Å². The molecule has 1 aromatic carbocycles. The number of carboxylic acid groups (broad SMARTS) is 1. The van der Waals surface area contributed by atoms with Crippen molar-refractivity contribution in [3.63, 3.8) is 0 Å². The van der Waals surface area contributed by atoms with Crippen molar-refractivity contribution in [2.24, 2.45) is 34.5 Å². The SMILES string of the molecule is CCCOc1ccc2c(O[C@@H]3C[C@@H](C(=O)C[C@]4(C(=O)O)C[C@H]4CC)N(C(=O)[C@@H](CC(=O)OC4C[C@@H]5C[C@@H]5C4)C(C)(C)C)C3)cc(SCC)nc2c1Cl. The molecule has 1 saturated heterocycles. The maximum absolute atomic E-state index is 14.6. The number of benzene rings is 1. The molecule has 3 saturated carbocycles. The maximum atomic E-state index is 14.6. The van der Waals surface area contributed by atoms with Crippen LogP contribution in [0.15, 0.2) is 23.2 Å². The highest BCUT2D eigenvalue weighted by molar-refractivity contribution is 7.99. The Morgan fingerprint density at radius 1 is 1.06 bits per heavy atom. The number of pyridine rings is 1. The summed E-state index contributed by atoms with van der Waals surface area (Å²) in [4.78, 5) is 60.9. The van der Waals surface area contributed by atoms with E-state index in [4.69, 9.17) is 30.8 Å². The lowest BCUT2D eigenvalue weighted by Gasteiger charge is -2.35. The molecule has 1 aromatic heterocycles. The third-order valence-corrected chi connectivity index (χ3v) is 12.8. The van der Waals surface area contributed by atoms with Gasteiger partial charge in [0.1, 0.15) is 33.8 Å². The molecule has 2 heterocycles. The summed E-state index contributed by atoms with van der Waals surface area (Å²) in [6.45, 7) is 12.4. The summed E-state index contributed by atoms with van der Waals surface area (Å²) in [7, 11) is 0. The number of aromatic nitrogens is 1. The number of halogens is 1. The van der Waals surface area contributed by atoms with Gasteiger partial charge >= 0.3 is 11.9 Å². The number of hydrogen-bond donors (Lipinski definition) is 1. The van der Waals surface area contributed by atoms with E-state index in [1.807, 2.05) is 53.7 Å². The highest BCUT2D eigenvalue weighted by atomic mass is 35.5. The van der Waals surface area contributed by atoms with Crippen LogP contribution in [0.5, 0.6) is 11.5 Å². The van der Waals surface area contributed by atoms with Gasteiger partial charge in [-0.25, -0.2) is 4.98 Å². The lowest BCUT2D eigenvalue weighted by atomic mass is 9.77. The van der Waals surface area contributed by atoms with Crippen LogP contribution in [0.1, 0.15) is 99.3 Å². The smallest absolute Gasteiger partial charge is 0.310 e. The van der Waals surface area contributed by atoms with E-state index in [1.54, 1.807) is 22.7 Å². The zero-order valence-corrected chi connectivity index (χ0v) is 32.8. The molecule has 10 nitrogen and oxygen atoms in total. The quantitative estimate of drug-likeness (QED) is 0.133. The molecule has 1 amide bonds. The summed E-state index contributed by atoms with van der Waals surface area (Å²) in [5, 5.41) is 11.9. The number of carboxylic acids is 1. The monoisotopic (exact) mass is 756 g/mol. The van der Waals surface area contributed by atoms with Crippen LogP contribution >= 0.6 is 23.4 Å². The van der Waals surface area contributed by atoms with Crippen LogP contribution in [-0.4, -0.2) is 75.8 Å². The summed E-state index contributed by atoms with van der Waals surface area (Å²) in [6.07, 6.45) is 4.16. The fourth-order valence-corrected chi connectivity index (χ4v) is 9.36. The summed E-state index contributed by atoms with van der Waals surface area (Å²) in [5.41, 5.74) is -1.19. The molecule has 4 fully saturated rings. The molecule has 3 aliphatic carbocycles. The number of ketones is 1. The molecule has 1 aliphatic heterocycles. The van der Waals surface area contributed by atoms with E-state index in [1.165, 1.54) is 6.42 Å². The van der Waals surface area contributed by atoms with Gasteiger partial charge in [-0.1, -0.05) is 59.6 Å². The Labute approximate surface area is 316 Å². The number of ether oxygens (including phenoxy) is 3. The molecule has 12 heteroatoms. The van der Waals surface area contributed by atoms with Crippen LogP contribution in [0, 0.1) is 34.5 Å². The zero-order valence-electron chi connectivity index (χ0n) is 31.2. The Balaban J connectivity index is 1.29. The van der Waals surface area contributed by atoms with Crippen molar-refractivity contribution in [1.82, 2.24) is 9.88 Å². The van der Waals surface area contributed by atoms with Crippen molar-refractivity contribution < 1.29 is 38.5 Å². The minimum absolute atomic E-state index is 0.0844. The topological polar surface area (TPSA) is 132 Å². The van der Waals surface area contributed by atoms with Gasteiger partial charge in [0.15, 0.2) is 5.78 Å². The van der Waals surface area contributed by atoms with Crippen molar-refractivity contribution in [3.05, 3.63) is 23.2 Å². The third kappa shape index (κ3) is 8.05. The zero-order chi connectivity index (χ0) is 37.5. The number of Topliss-reactive ketones (excluding diaryl/α,β-unsaturated/α-hetero) is 1. The Hall–Kier alpha value is -3.05. The molecular weight excluding hydrogens is 704 g/mol. The summed E-state index contributed by atoms with van der Waals surface area (Å²) in [6, 6.07) is 4.62. The first kappa shape index (κ1) is 38.7. The van der Waals surface area contributed by atoms with Crippen LogP contribution in [-0.2, 0) is 23.9 Å². The second-order valence-electron chi connectivity index (χ2n) is 16.4. The highest BCUT2D eigenvalue weighted by Crippen LogP contribution is 2.58. The molecule has 0 radical (unpaired) electrons. The van der Waals surface area contributed by atoms with Crippen molar-refractivity contribution in [2.45, 2.75) is 123 Å². The Kier molecular flexibility index (Phi) is 11.4. The summed E-state index contributed by atoms with van der Waals surface area (Å²) in [5.74, 6) is 0.316. The largest absolute Gasteiger partial charge is 0.492 e. The predicted molar refractivity (Wildman–Crippen MR) is 200 cm³/mol. The minimum Gasteiger partial charge on any atom is -0.492 e. The van der Waals surface area contributed by atoms with Crippen molar-refractivity contribution in [1.29, 1.82) is 0 Å². The average Bonchev–Trinajstić information content (AvgIpc) is 3.90. The molecule has 52 heavy (non-hydrogen) atoms. The van der Waals surface area contributed by atoms with Gasteiger partial charge in [-0.05, 0) is 73.2 Å². The Morgan fingerprint density at radius 3 is 2.40 bits per heavy atom. The minimum atomic E-state index is -1.11. The number of aliphatic carboxylic acids is 1. The number of rotatable bonds is 16. The van der Waals surface area contributed by atoms with Gasteiger partial charge in [-0.15, -0.1) is 11.8 Å². The van der Waals surface area contributed by atoms with E-state index in [9.17, 15) is 24.3 Å². The Morgan fingerprint density at radius 2 is 1.79 bits per heavy atom. The number of carbonyl (C=O) groups excluding carboxylic acids is 3. The first-order valence-corrected chi connectivity index (χ1v) is 20.4. The molecule has 1 unspecified atom stereocenters. The van der Waals surface area contributed by atoms with Gasteiger partial charge in [-0.3, -0.25) is 19.2 Å². The van der Waals surface area contributed by atoms with Crippen LogP contribution in [0.25, 0.3) is 10.9 Å². The number of fused-ring (bicyclic) bond motifs is 2. The molecule has 0 spiro atoms. The van der Waals surface area contributed by atoms with Gasteiger partial charge < -0.3 is 24.2 Å². The van der Waals surface area contributed by atoms with Crippen LogP contribution in [0.4, 0.5) is 0 Å². The summed E-state index contributed by atoms with van der Waals surface area (Å²) >= 11 is 8.37. The summed E-state index contributed by atoms with van der Waals surface area (Å²) < 4.78 is 18.4. The molecule has 2 aromatic rings. The molecule has 6 rings (SSSR count). The molecule has 0 bridgehead atoms. The number of esters is 1. The fourth-order valence-electron chi connectivity index (χ4n) is 8.46. The first-order valence-electron chi connectivity index (χ1n) is 19.0. The number of carbonyl (C=O) groups is 4. The molecular formula is C40H53ClN2O8S. The third-order valence-electron chi connectivity index (χ3n) is 11.6. The van der Waals surface area contributed by atoms with Gasteiger partial charge in [-0.2, -0.15) is 0 Å². The van der Waals surface area contributed by atoms with Gasteiger partial charge in [0.05, 0.1) is 42.5 Å². The van der Waals surface area contributed by atoms with Crippen LogP contribution in [0.2, 0.25) is 5.02 Å². The maximum Gasteiger partial charge on any atom is 0.310 e. The second-order valence-corrected chi connectivity index (χ2v) is 18.0. The molecule has 284 valence electrons. The number of amides is 1. The van der Waals surface area contributed by atoms with Crippen molar-refractivity contribution >= 4 is 57.9 Å². The predicted octanol–water partition coefficient (Wildman–Crippen LogP) is 7.99. The van der Waals surface area contributed by atoms with E-state index in [-0.39, 0.29) is 49.5 Å². The lowest BCUT2D eigenvalue weighted by molar-refractivity contribution is -0.157. The van der Waals surface area contributed by atoms with Crippen LogP contribution in [0.3, 0.4) is 0 Å². The first-order chi connectivity index (χ1) is 24.7. The lowest BCUT2D eigenvalue weighted by Crippen LogP contribution is -2.48. The van der Waals surface area contributed by atoms with Gasteiger partial charge in [0.2, 0.25) is 5.91 Å². The van der Waals surface area contributed by atoms with Crippen molar-refractivity contribution in [2.75, 3.05) is 18.9 Å². The van der Waals surface area contributed by atoms with E-state index < -0.39 is 40.8 Å². The number of likely N-dealkylation sites (tertiary alicyclic amines) is 1. The van der Waals surface area contributed by atoms with Crippen molar-refractivity contribution in [3.8, 4) is 11.5 Å². The standard InChI is InChI=1S/C40H53ClN2O8S/c1-7-12-49-31-11-10-27-32(18-33(52-9-3)42-36(27)35(31)41)50-26-16-29(30(44)20-40(38(47)48)19-24(40)8-2)43(21-26)37(46)28(39(4,5)6)17-34(45)51-25-14-22-13-23(22)15-25/h10-11,18,22-26,28-29H,7-9,12-17,19-21H2,1-6H3,(H,47,48)/t22-,23+,24-,25?,26-,28-,29+,40-/m1/s1. The normalized spacial score (nSPS) is 28.3. The number of hydrogen-bond acceptors (Lipinski definition) is 9. The molecule has 1 N–H and O–H groups in total. The fraction of sp³-hybridized carbons (Fsp3) is 0.675. The van der Waals surface area contributed by atoms with E-state index in [0.717, 1.165) is 25.0 Å². The van der Waals surface area contributed by atoms with Gasteiger partial charge in [0.25, 0.3) is 0 Å². The average molecular weight is 757 g/mol. The van der Waals surface area contributed by atoms with E-state index in [0.29, 0.717) is 63.7 Å². The number of nitrogens with zero attached hydrogens (tertiary/aromatic N) is 2. The Bertz CT molecular complexity index is 1700.